The Morgan fingerprint density at radius 1 is 1.04 bits per heavy atom. The van der Waals surface area contributed by atoms with Gasteiger partial charge in [-0.15, -0.1) is 0 Å². The van der Waals surface area contributed by atoms with Crippen LogP contribution in [0.3, 0.4) is 0 Å². The number of benzene rings is 1. The fraction of sp³-hybridized carbons (Fsp3) is 0.348. The summed E-state index contributed by atoms with van der Waals surface area (Å²) in [7, 11) is 1.60. The van der Waals surface area contributed by atoms with Gasteiger partial charge < -0.3 is 4.74 Å². The number of hydrogen-bond donors (Lipinski definition) is 0. The predicted octanol–water partition coefficient (Wildman–Crippen LogP) is 5.53. The lowest BCUT2D eigenvalue weighted by molar-refractivity contribution is -0.113. The first-order valence-corrected chi connectivity index (χ1v) is 9.77. The van der Waals surface area contributed by atoms with Crippen molar-refractivity contribution in [2.45, 2.75) is 40.5 Å². The number of halogens is 1. The molecule has 0 spiro atoms. The summed E-state index contributed by atoms with van der Waals surface area (Å²) < 4.78 is 5.20. The number of aryl methyl sites for hydroxylation is 3. The first-order valence-electron chi connectivity index (χ1n) is 9.39. The lowest BCUT2D eigenvalue weighted by Gasteiger charge is -2.23. The summed E-state index contributed by atoms with van der Waals surface area (Å²) in [5, 5.41) is 0.569. The van der Waals surface area contributed by atoms with Crippen LogP contribution in [0, 0.1) is 26.7 Å². The third-order valence-corrected chi connectivity index (χ3v) is 5.41. The molecular weight excluding hydrogens is 372 g/mol. The first kappa shape index (κ1) is 20.3. The van der Waals surface area contributed by atoms with Crippen molar-refractivity contribution in [3.8, 4) is 5.75 Å². The maximum atomic E-state index is 13.1. The van der Waals surface area contributed by atoms with E-state index in [0.29, 0.717) is 16.7 Å². The van der Waals surface area contributed by atoms with Crippen molar-refractivity contribution in [2.24, 2.45) is 5.92 Å². The van der Waals surface area contributed by atoms with Crippen LogP contribution in [0.15, 0.2) is 29.3 Å². The van der Waals surface area contributed by atoms with E-state index < -0.39 is 0 Å². The van der Waals surface area contributed by atoms with Crippen molar-refractivity contribution in [1.82, 2.24) is 9.97 Å². The van der Waals surface area contributed by atoms with E-state index in [1.165, 1.54) is 0 Å². The normalized spacial score (nSPS) is 20.1. The standard InChI is InChI=1S/C23H25ClN2O2/c1-13-8-18(10-17-6-7-20(28-5)12-21(17)24)23(27)19(9-13)11-22-16(4)25-14(2)15(3)26-22/h6-7,10-13H,8-9H2,1-5H3/b18-10+,19-11+. The van der Waals surface area contributed by atoms with E-state index in [1.807, 2.05) is 45.1 Å². The highest BCUT2D eigenvalue weighted by Gasteiger charge is 2.26. The van der Waals surface area contributed by atoms with Crippen molar-refractivity contribution in [1.29, 1.82) is 0 Å². The molecule has 28 heavy (non-hydrogen) atoms. The molecule has 1 atom stereocenters. The molecule has 1 aliphatic carbocycles. The van der Waals surface area contributed by atoms with E-state index in [1.54, 1.807) is 13.2 Å². The van der Waals surface area contributed by atoms with Gasteiger partial charge in [0.05, 0.1) is 34.9 Å². The summed E-state index contributed by atoms with van der Waals surface area (Å²) in [5.41, 5.74) is 5.77. The average Bonchev–Trinajstić information content (AvgIpc) is 2.64. The number of nitrogens with zero attached hydrogens (tertiary/aromatic N) is 2. The molecule has 0 bridgehead atoms. The third-order valence-electron chi connectivity index (χ3n) is 5.09. The molecule has 0 amide bonds. The van der Waals surface area contributed by atoms with Crippen LogP contribution in [0.5, 0.6) is 5.75 Å². The van der Waals surface area contributed by atoms with Crippen LogP contribution >= 0.6 is 11.6 Å². The highest BCUT2D eigenvalue weighted by Crippen LogP contribution is 2.33. The minimum Gasteiger partial charge on any atom is -0.497 e. The van der Waals surface area contributed by atoms with E-state index in [0.717, 1.165) is 52.3 Å². The smallest absolute Gasteiger partial charge is 0.185 e. The summed E-state index contributed by atoms with van der Waals surface area (Å²) in [6.45, 7) is 7.96. The molecule has 0 saturated heterocycles. The Hall–Kier alpha value is -2.46. The Balaban J connectivity index is 1.98. The van der Waals surface area contributed by atoms with Crippen molar-refractivity contribution < 1.29 is 9.53 Å². The Morgan fingerprint density at radius 2 is 1.68 bits per heavy atom. The summed E-state index contributed by atoms with van der Waals surface area (Å²) in [6, 6.07) is 5.48. The molecule has 4 nitrogen and oxygen atoms in total. The zero-order valence-corrected chi connectivity index (χ0v) is 17.7. The number of carbonyl (C=O) groups excluding carboxylic acids is 1. The van der Waals surface area contributed by atoms with Crippen molar-refractivity contribution in [3.63, 3.8) is 0 Å². The zero-order valence-electron chi connectivity index (χ0n) is 17.0. The van der Waals surface area contributed by atoms with Crippen LogP contribution in [0.4, 0.5) is 0 Å². The van der Waals surface area contributed by atoms with E-state index in [9.17, 15) is 4.79 Å². The Kier molecular flexibility index (Phi) is 5.99. The number of carbonyl (C=O) groups is 1. The van der Waals surface area contributed by atoms with Crippen LogP contribution in [-0.4, -0.2) is 22.9 Å². The molecule has 1 aromatic carbocycles. The van der Waals surface area contributed by atoms with Gasteiger partial charge in [0.25, 0.3) is 0 Å². The van der Waals surface area contributed by atoms with Crippen LogP contribution in [-0.2, 0) is 4.79 Å². The molecule has 3 rings (SSSR count). The summed E-state index contributed by atoms with van der Waals surface area (Å²) in [4.78, 5) is 22.3. The number of rotatable bonds is 3. The van der Waals surface area contributed by atoms with Gasteiger partial charge in [0, 0.05) is 11.1 Å². The van der Waals surface area contributed by atoms with Gasteiger partial charge in [-0.25, -0.2) is 4.98 Å². The first-order chi connectivity index (χ1) is 13.3. The second-order valence-electron chi connectivity index (χ2n) is 7.43. The van der Waals surface area contributed by atoms with E-state index >= 15 is 0 Å². The molecule has 1 aromatic heterocycles. The SMILES string of the molecule is COc1ccc(/C=C2\CC(C)C/C(=C\c3nc(C)c(C)nc3C)C2=O)c(Cl)c1. The maximum absolute atomic E-state index is 13.1. The molecule has 1 unspecified atom stereocenters. The molecule has 0 radical (unpaired) electrons. The minimum atomic E-state index is 0.0596. The maximum Gasteiger partial charge on any atom is 0.185 e. The number of aromatic nitrogens is 2. The molecule has 1 fully saturated rings. The van der Waals surface area contributed by atoms with E-state index in [2.05, 4.69) is 16.9 Å². The fourth-order valence-corrected chi connectivity index (χ4v) is 3.66. The quantitative estimate of drug-likeness (QED) is 0.640. The molecule has 1 heterocycles. The van der Waals surface area contributed by atoms with Crippen LogP contribution in [0.2, 0.25) is 5.02 Å². The topological polar surface area (TPSA) is 52.1 Å². The highest BCUT2D eigenvalue weighted by molar-refractivity contribution is 6.32. The lowest BCUT2D eigenvalue weighted by atomic mass is 9.81. The number of hydrogen-bond acceptors (Lipinski definition) is 4. The Labute approximate surface area is 171 Å². The van der Waals surface area contributed by atoms with Crippen molar-refractivity contribution >= 4 is 29.5 Å². The summed E-state index contributed by atoms with van der Waals surface area (Å²) in [5.74, 6) is 1.12. The van der Waals surface area contributed by atoms with Gasteiger partial charge in [0.2, 0.25) is 0 Å². The average molecular weight is 397 g/mol. The van der Waals surface area contributed by atoms with E-state index in [-0.39, 0.29) is 5.78 Å². The molecule has 146 valence electrons. The van der Waals surface area contributed by atoms with Gasteiger partial charge in [-0.3, -0.25) is 9.78 Å². The monoisotopic (exact) mass is 396 g/mol. The number of ketones is 1. The predicted molar refractivity (Wildman–Crippen MR) is 114 cm³/mol. The highest BCUT2D eigenvalue weighted by atomic mass is 35.5. The fourth-order valence-electron chi connectivity index (χ4n) is 3.44. The summed E-state index contributed by atoms with van der Waals surface area (Å²) >= 11 is 6.36. The second-order valence-corrected chi connectivity index (χ2v) is 7.84. The number of ether oxygens (including phenoxy) is 1. The van der Waals surface area contributed by atoms with Gasteiger partial charge in [-0.2, -0.15) is 0 Å². The largest absolute Gasteiger partial charge is 0.497 e. The van der Waals surface area contributed by atoms with E-state index in [4.69, 9.17) is 16.3 Å². The van der Waals surface area contributed by atoms with Crippen LogP contribution in [0.25, 0.3) is 12.2 Å². The molecule has 0 aliphatic heterocycles. The number of allylic oxidation sites excluding steroid dienone is 2. The van der Waals surface area contributed by atoms with Crippen LogP contribution < -0.4 is 4.74 Å². The molecule has 1 aliphatic rings. The number of Topliss-reactive ketones (excluding diaryl/α,β-unsaturated/α-hetero) is 1. The molecule has 1 saturated carbocycles. The molecule has 0 N–H and O–H groups in total. The molecular formula is C23H25ClN2O2. The van der Waals surface area contributed by atoms with Gasteiger partial charge in [0.15, 0.2) is 5.78 Å². The van der Waals surface area contributed by atoms with Gasteiger partial charge in [-0.05, 0) is 75.4 Å². The summed E-state index contributed by atoms with van der Waals surface area (Å²) in [6.07, 6.45) is 5.26. The van der Waals surface area contributed by atoms with Crippen LogP contribution in [0.1, 0.15) is 48.1 Å². The van der Waals surface area contributed by atoms with Crippen molar-refractivity contribution in [2.75, 3.05) is 7.11 Å². The van der Waals surface area contributed by atoms with Gasteiger partial charge in [-0.1, -0.05) is 18.5 Å². The molecule has 2 aromatic rings. The lowest BCUT2D eigenvalue weighted by Crippen LogP contribution is -2.18. The van der Waals surface area contributed by atoms with Crippen molar-refractivity contribution in [3.05, 3.63) is 62.7 Å². The number of methoxy groups -OCH3 is 1. The Bertz CT molecular complexity index is 992. The minimum absolute atomic E-state index is 0.0596. The Morgan fingerprint density at radius 3 is 2.32 bits per heavy atom. The third kappa shape index (κ3) is 4.33. The molecule has 5 heteroatoms. The second kappa shape index (κ2) is 8.27. The van der Waals surface area contributed by atoms with Gasteiger partial charge >= 0.3 is 0 Å². The zero-order chi connectivity index (χ0) is 20.4. The van der Waals surface area contributed by atoms with Gasteiger partial charge in [0.1, 0.15) is 5.75 Å².